The number of hydrogen-bond donors (Lipinski definition) is 1. The molecule has 0 unspecified atom stereocenters. The molecule has 0 aliphatic carbocycles. The van der Waals surface area contributed by atoms with E-state index in [1.54, 1.807) is 16.0 Å². The lowest BCUT2D eigenvalue weighted by Crippen LogP contribution is -2.15. The van der Waals surface area contributed by atoms with E-state index in [0.29, 0.717) is 5.92 Å². The highest BCUT2D eigenvalue weighted by molar-refractivity contribution is 7.13. The highest BCUT2D eigenvalue weighted by Gasteiger charge is 2.25. The van der Waals surface area contributed by atoms with Crippen LogP contribution in [0.15, 0.2) is 17.5 Å². The van der Waals surface area contributed by atoms with E-state index in [0.717, 1.165) is 43.1 Å². The van der Waals surface area contributed by atoms with Crippen LogP contribution in [0.25, 0.3) is 10.4 Å². The number of thiophene rings is 1. The van der Waals surface area contributed by atoms with Crippen molar-refractivity contribution in [2.45, 2.75) is 18.8 Å². The molecular formula is C13H17N3OS. The molecule has 5 heteroatoms. The van der Waals surface area contributed by atoms with Gasteiger partial charge in [-0.15, -0.1) is 11.3 Å². The third kappa shape index (κ3) is 1.93. The Balaban J connectivity index is 2.06. The number of nitrogens with two attached hydrogens (primary N) is 1. The summed E-state index contributed by atoms with van der Waals surface area (Å²) in [4.78, 5) is 1.21. The zero-order valence-corrected chi connectivity index (χ0v) is 11.2. The fourth-order valence-corrected chi connectivity index (χ4v) is 3.28. The van der Waals surface area contributed by atoms with E-state index >= 15 is 0 Å². The number of hydrogen-bond acceptors (Lipinski definition) is 4. The van der Waals surface area contributed by atoms with E-state index in [2.05, 4.69) is 22.6 Å². The van der Waals surface area contributed by atoms with Crippen molar-refractivity contribution in [1.82, 2.24) is 9.78 Å². The highest BCUT2D eigenvalue weighted by Crippen LogP contribution is 2.39. The Hall–Kier alpha value is -1.33. The molecule has 1 fully saturated rings. The predicted molar refractivity (Wildman–Crippen MR) is 73.7 cm³/mol. The lowest BCUT2D eigenvalue weighted by Gasteiger charge is -2.21. The van der Waals surface area contributed by atoms with Crippen LogP contribution >= 0.6 is 11.3 Å². The molecule has 0 amide bonds. The molecular weight excluding hydrogens is 246 g/mol. The van der Waals surface area contributed by atoms with Gasteiger partial charge in [-0.25, -0.2) is 0 Å². The summed E-state index contributed by atoms with van der Waals surface area (Å²) in [6.45, 7) is 1.65. The quantitative estimate of drug-likeness (QED) is 0.906. The Morgan fingerprint density at radius 2 is 2.22 bits per heavy atom. The number of aromatic nitrogens is 2. The number of rotatable bonds is 2. The minimum atomic E-state index is 0.472. The second-order valence-corrected chi connectivity index (χ2v) is 5.58. The Bertz CT molecular complexity index is 527. The fraction of sp³-hybridized carbons (Fsp3) is 0.462. The largest absolute Gasteiger partial charge is 0.383 e. The molecule has 0 bridgehead atoms. The van der Waals surface area contributed by atoms with Crippen molar-refractivity contribution in [3.05, 3.63) is 23.2 Å². The van der Waals surface area contributed by atoms with Crippen LogP contribution < -0.4 is 5.73 Å². The molecule has 2 aromatic rings. The minimum absolute atomic E-state index is 0.472. The fourth-order valence-electron chi connectivity index (χ4n) is 2.49. The molecule has 1 aliphatic heterocycles. The first-order valence-electron chi connectivity index (χ1n) is 6.21. The van der Waals surface area contributed by atoms with Crippen LogP contribution in [0.3, 0.4) is 0 Å². The van der Waals surface area contributed by atoms with Crippen molar-refractivity contribution in [2.24, 2.45) is 7.05 Å². The van der Waals surface area contributed by atoms with Crippen molar-refractivity contribution in [3.8, 4) is 10.4 Å². The van der Waals surface area contributed by atoms with Crippen LogP contribution in [-0.4, -0.2) is 23.0 Å². The van der Waals surface area contributed by atoms with Crippen molar-refractivity contribution in [3.63, 3.8) is 0 Å². The SMILES string of the molecule is Cn1nc(C2CCOCC2)c(-c2cccs2)c1N. The van der Waals surface area contributed by atoms with Gasteiger partial charge in [-0.1, -0.05) is 6.07 Å². The van der Waals surface area contributed by atoms with Crippen LogP contribution in [0.4, 0.5) is 5.82 Å². The van der Waals surface area contributed by atoms with Crippen LogP contribution in [0, 0.1) is 0 Å². The maximum absolute atomic E-state index is 6.18. The van der Waals surface area contributed by atoms with Gasteiger partial charge in [0, 0.05) is 31.1 Å². The van der Waals surface area contributed by atoms with Crippen molar-refractivity contribution in [1.29, 1.82) is 0 Å². The summed E-state index contributed by atoms with van der Waals surface area (Å²) in [7, 11) is 1.91. The van der Waals surface area contributed by atoms with Crippen LogP contribution in [0.2, 0.25) is 0 Å². The summed E-state index contributed by atoms with van der Waals surface area (Å²) in [5.74, 6) is 1.23. The average molecular weight is 263 g/mol. The number of ether oxygens (including phenoxy) is 1. The molecule has 2 aromatic heterocycles. The van der Waals surface area contributed by atoms with Gasteiger partial charge in [0.2, 0.25) is 0 Å². The molecule has 1 saturated heterocycles. The maximum Gasteiger partial charge on any atom is 0.130 e. The first-order chi connectivity index (χ1) is 8.77. The highest BCUT2D eigenvalue weighted by atomic mass is 32.1. The van der Waals surface area contributed by atoms with Gasteiger partial charge < -0.3 is 10.5 Å². The number of nitrogen functional groups attached to an aromatic ring is 1. The third-order valence-electron chi connectivity index (χ3n) is 3.49. The summed E-state index contributed by atoms with van der Waals surface area (Å²) in [6, 6.07) is 4.17. The first kappa shape index (κ1) is 11.7. The molecule has 4 nitrogen and oxygen atoms in total. The zero-order chi connectivity index (χ0) is 12.5. The van der Waals surface area contributed by atoms with E-state index in [-0.39, 0.29) is 0 Å². The smallest absolute Gasteiger partial charge is 0.130 e. The summed E-state index contributed by atoms with van der Waals surface area (Å²) < 4.78 is 7.22. The van der Waals surface area contributed by atoms with Gasteiger partial charge in [-0.05, 0) is 24.3 Å². The molecule has 3 rings (SSSR count). The van der Waals surface area contributed by atoms with Gasteiger partial charge in [0.15, 0.2) is 0 Å². The standard InChI is InChI=1S/C13H17N3OS/c1-16-13(14)11(10-3-2-8-18-10)12(15-16)9-4-6-17-7-5-9/h2-3,8-9H,4-7,14H2,1H3. The topological polar surface area (TPSA) is 53.1 Å². The van der Waals surface area contributed by atoms with Crippen molar-refractivity contribution >= 4 is 17.2 Å². The second-order valence-electron chi connectivity index (χ2n) is 4.63. The van der Waals surface area contributed by atoms with Crippen molar-refractivity contribution < 1.29 is 4.74 Å². The van der Waals surface area contributed by atoms with Gasteiger partial charge >= 0.3 is 0 Å². The second kappa shape index (κ2) is 4.74. The molecule has 0 radical (unpaired) electrons. The van der Waals surface area contributed by atoms with E-state index in [1.165, 1.54) is 4.88 Å². The molecule has 0 spiro atoms. The first-order valence-corrected chi connectivity index (χ1v) is 7.09. The van der Waals surface area contributed by atoms with Gasteiger partial charge in [0.25, 0.3) is 0 Å². The molecule has 2 N–H and O–H groups in total. The minimum Gasteiger partial charge on any atom is -0.383 e. The van der Waals surface area contributed by atoms with Gasteiger partial charge in [-0.3, -0.25) is 4.68 Å². The van der Waals surface area contributed by atoms with Gasteiger partial charge in [0.1, 0.15) is 5.82 Å². The lowest BCUT2D eigenvalue weighted by atomic mass is 9.93. The molecule has 0 atom stereocenters. The molecule has 1 aliphatic rings. The van der Waals surface area contributed by atoms with Crippen LogP contribution in [-0.2, 0) is 11.8 Å². The predicted octanol–water partition coefficient (Wildman–Crippen LogP) is 2.62. The molecule has 96 valence electrons. The van der Waals surface area contributed by atoms with E-state index in [1.807, 2.05) is 7.05 Å². The van der Waals surface area contributed by atoms with Gasteiger partial charge in [0.05, 0.1) is 11.3 Å². The summed E-state index contributed by atoms with van der Waals surface area (Å²) in [5.41, 5.74) is 8.44. The number of aryl methyl sites for hydroxylation is 1. The molecule has 0 saturated carbocycles. The third-order valence-corrected chi connectivity index (χ3v) is 4.38. The van der Waals surface area contributed by atoms with Crippen molar-refractivity contribution in [2.75, 3.05) is 18.9 Å². The van der Waals surface area contributed by atoms with Gasteiger partial charge in [-0.2, -0.15) is 5.10 Å². The summed E-state index contributed by atoms with van der Waals surface area (Å²) in [5, 5.41) is 6.71. The molecule has 0 aromatic carbocycles. The van der Waals surface area contributed by atoms with Crippen LogP contribution in [0.1, 0.15) is 24.5 Å². The normalized spacial score (nSPS) is 17.2. The Morgan fingerprint density at radius 3 is 2.89 bits per heavy atom. The van der Waals surface area contributed by atoms with E-state index in [4.69, 9.17) is 10.5 Å². The van der Waals surface area contributed by atoms with E-state index in [9.17, 15) is 0 Å². The molecule has 18 heavy (non-hydrogen) atoms. The lowest BCUT2D eigenvalue weighted by molar-refractivity contribution is 0.0845. The monoisotopic (exact) mass is 263 g/mol. The summed E-state index contributed by atoms with van der Waals surface area (Å²) >= 11 is 1.72. The Labute approximate surface area is 110 Å². The van der Waals surface area contributed by atoms with Crippen LogP contribution in [0.5, 0.6) is 0 Å². The summed E-state index contributed by atoms with van der Waals surface area (Å²) in [6.07, 6.45) is 2.07. The number of anilines is 1. The number of nitrogens with zero attached hydrogens (tertiary/aromatic N) is 2. The Kier molecular flexibility index (Phi) is 3.09. The average Bonchev–Trinajstić information content (AvgIpc) is 3.00. The van der Waals surface area contributed by atoms with E-state index < -0.39 is 0 Å². The zero-order valence-electron chi connectivity index (χ0n) is 10.4. The Morgan fingerprint density at radius 1 is 1.44 bits per heavy atom. The molecule has 3 heterocycles. The maximum atomic E-state index is 6.18.